The summed E-state index contributed by atoms with van der Waals surface area (Å²) in [5.41, 5.74) is 2.08. The lowest BCUT2D eigenvalue weighted by Crippen LogP contribution is -2.50. The van der Waals surface area contributed by atoms with Crippen LogP contribution in [0.1, 0.15) is 18.4 Å². The fourth-order valence-corrected chi connectivity index (χ4v) is 3.85. The Morgan fingerprint density at radius 2 is 2.04 bits per heavy atom. The first-order valence-electron chi connectivity index (χ1n) is 9.03. The van der Waals surface area contributed by atoms with E-state index in [4.69, 9.17) is 0 Å². The summed E-state index contributed by atoms with van der Waals surface area (Å²) < 4.78 is 1.77. The van der Waals surface area contributed by atoms with Crippen LogP contribution in [0.5, 0.6) is 0 Å². The maximum Gasteiger partial charge on any atom is 0.325 e. The van der Waals surface area contributed by atoms with Gasteiger partial charge < -0.3 is 10.2 Å². The van der Waals surface area contributed by atoms with Gasteiger partial charge in [0.1, 0.15) is 6.04 Å². The number of anilines is 1. The highest BCUT2D eigenvalue weighted by Crippen LogP contribution is 2.25. The smallest absolute Gasteiger partial charge is 0.325 e. The minimum Gasteiger partial charge on any atom is -0.367 e. The lowest BCUT2D eigenvalue weighted by molar-refractivity contribution is -0.129. The number of hydrogen-bond donors (Lipinski definition) is 1. The number of urea groups is 1. The van der Waals surface area contributed by atoms with Crippen LogP contribution >= 0.6 is 0 Å². The van der Waals surface area contributed by atoms with Gasteiger partial charge in [0.05, 0.1) is 17.9 Å². The standard InChI is InChI=1S/C19H23N5O2/c1-22-12-16(11-20-22)23-9-5-8-15(13-23)24-18(25)17(21-19(24)26)10-14-6-3-2-4-7-14/h2-4,6-7,11-12,15,17H,5,8-10,13H2,1H3,(H,21,26)/t15-,17+/m1/s1. The lowest BCUT2D eigenvalue weighted by atomic mass is 10.0. The summed E-state index contributed by atoms with van der Waals surface area (Å²) in [6, 6.07) is 8.95. The Labute approximate surface area is 152 Å². The molecule has 2 atom stereocenters. The molecule has 0 unspecified atom stereocenters. The number of carbonyl (C=O) groups excluding carboxylic acids is 2. The third-order valence-corrected chi connectivity index (χ3v) is 5.15. The predicted octanol–water partition coefficient (Wildman–Crippen LogP) is 1.55. The molecule has 2 aromatic rings. The van der Waals surface area contributed by atoms with Crippen molar-refractivity contribution < 1.29 is 9.59 Å². The first-order valence-corrected chi connectivity index (χ1v) is 9.03. The molecule has 2 aliphatic rings. The molecule has 0 aliphatic carbocycles. The Kier molecular flexibility index (Phi) is 4.36. The highest BCUT2D eigenvalue weighted by atomic mass is 16.2. The van der Waals surface area contributed by atoms with Crippen molar-refractivity contribution in [3.8, 4) is 0 Å². The molecular weight excluding hydrogens is 330 g/mol. The van der Waals surface area contributed by atoms with Gasteiger partial charge in [0.25, 0.3) is 5.91 Å². The van der Waals surface area contributed by atoms with Crippen molar-refractivity contribution in [1.82, 2.24) is 20.0 Å². The summed E-state index contributed by atoms with van der Waals surface area (Å²) in [7, 11) is 1.89. The lowest BCUT2D eigenvalue weighted by Gasteiger charge is -2.36. The summed E-state index contributed by atoms with van der Waals surface area (Å²) in [6.45, 7) is 1.57. The van der Waals surface area contributed by atoms with Crippen LogP contribution in [0.4, 0.5) is 10.5 Å². The third kappa shape index (κ3) is 3.16. The zero-order valence-electron chi connectivity index (χ0n) is 14.8. The van der Waals surface area contributed by atoms with E-state index >= 15 is 0 Å². The van der Waals surface area contributed by atoms with Crippen LogP contribution < -0.4 is 10.2 Å². The third-order valence-electron chi connectivity index (χ3n) is 5.15. The van der Waals surface area contributed by atoms with Crippen LogP contribution in [0.25, 0.3) is 0 Å². The van der Waals surface area contributed by atoms with Crippen LogP contribution in [-0.4, -0.2) is 51.8 Å². The summed E-state index contributed by atoms with van der Waals surface area (Å²) in [4.78, 5) is 29.0. The van der Waals surface area contributed by atoms with E-state index < -0.39 is 6.04 Å². The molecule has 1 aromatic heterocycles. The van der Waals surface area contributed by atoms with Gasteiger partial charge in [-0.3, -0.25) is 14.4 Å². The molecule has 1 N–H and O–H groups in total. The molecule has 7 heteroatoms. The monoisotopic (exact) mass is 353 g/mol. The minimum atomic E-state index is -0.473. The number of piperidine rings is 1. The summed E-state index contributed by atoms with van der Waals surface area (Å²) >= 11 is 0. The van der Waals surface area contributed by atoms with Gasteiger partial charge in [-0.25, -0.2) is 4.79 Å². The molecule has 4 rings (SSSR count). The molecule has 0 radical (unpaired) electrons. The Bertz CT molecular complexity index is 803. The Balaban J connectivity index is 1.46. The zero-order valence-corrected chi connectivity index (χ0v) is 14.8. The molecule has 1 aromatic carbocycles. The average molecular weight is 353 g/mol. The Morgan fingerprint density at radius 3 is 2.77 bits per heavy atom. The molecule has 7 nitrogen and oxygen atoms in total. The molecule has 2 aliphatic heterocycles. The maximum atomic E-state index is 12.9. The van der Waals surface area contributed by atoms with Crippen LogP contribution in [0, 0.1) is 0 Å². The van der Waals surface area contributed by atoms with Crippen molar-refractivity contribution in [2.75, 3.05) is 18.0 Å². The molecule has 2 saturated heterocycles. The molecule has 0 spiro atoms. The highest BCUT2D eigenvalue weighted by molar-refractivity contribution is 6.04. The van der Waals surface area contributed by atoms with Crippen molar-refractivity contribution in [3.05, 3.63) is 48.3 Å². The van der Waals surface area contributed by atoms with E-state index in [1.54, 1.807) is 4.68 Å². The van der Waals surface area contributed by atoms with Gasteiger partial charge in [-0.05, 0) is 18.4 Å². The fourth-order valence-electron chi connectivity index (χ4n) is 3.85. The van der Waals surface area contributed by atoms with Crippen LogP contribution in [0.2, 0.25) is 0 Å². The first kappa shape index (κ1) is 16.6. The minimum absolute atomic E-state index is 0.0998. The van der Waals surface area contributed by atoms with Gasteiger partial charge in [0, 0.05) is 32.8 Å². The number of nitrogens with one attached hydrogen (secondary N) is 1. The summed E-state index contributed by atoms with van der Waals surface area (Å²) in [6.07, 6.45) is 6.10. The second-order valence-electron chi connectivity index (χ2n) is 7.01. The van der Waals surface area contributed by atoms with Crippen molar-refractivity contribution in [3.63, 3.8) is 0 Å². The molecule has 136 valence electrons. The molecule has 3 heterocycles. The van der Waals surface area contributed by atoms with Crippen molar-refractivity contribution >= 4 is 17.6 Å². The van der Waals surface area contributed by atoms with Crippen molar-refractivity contribution in [2.24, 2.45) is 7.05 Å². The van der Waals surface area contributed by atoms with Gasteiger partial charge in [0.2, 0.25) is 0 Å². The van der Waals surface area contributed by atoms with Gasteiger partial charge >= 0.3 is 6.03 Å². The highest BCUT2D eigenvalue weighted by Gasteiger charge is 2.43. The van der Waals surface area contributed by atoms with E-state index in [9.17, 15) is 9.59 Å². The molecule has 3 amide bonds. The van der Waals surface area contributed by atoms with E-state index in [1.165, 1.54) is 4.90 Å². The number of aromatic nitrogens is 2. The summed E-state index contributed by atoms with van der Waals surface area (Å²) in [5, 5.41) is 7.08. The number of carbonyl (C=O) groups is 2. The maximum absolute atomic E-state index is 12.9. The van der Waals surface area contributed by atoms with Gasteiger partial charge in [-0.1, -0.05) is 30.3 Å². The second-order valence-corrected chi connectivity index (χ2v) is 7.01. The number of imide groups is 1. The number of amides is 3. The molecule has 2 fully saturated rings. The second kappa shape index (κ2) is 6.82. The topological polar surface area (TPSA) is 70.5 Å². The normalized spacial score (nSPS) is 23.4. The molecule has 26 heavy (non-hydrogen) atoms. The first-order chi connectivity index (χ1) is 12.6. The average Bonchev–Trinajstić information content (AvgIpc) is 3.20. The van der Waals surface area contributed by atoms with Crippen LogP contribution in [0.15, 0.2) is 42.7 Å². The van der Waals surface area contributed by atoms with E-state index in [-0.39, 0.29) is 18.0 Å². The Hall–Kier alpha value is -2.83. The van der Waals surface area contributed by atoms with Crippen molar-refractivity contribution in [2.45, 2.75) is 31.3 Å². The zero-order chi connectivity index (χ0) is 18.1. The van der Waals surface area contributed by atoms with Gasteiger partial charge in [0.15, 0.2) is 0 Å². The van der Waals surface area contributed by atoms with E-state index in [1.807, 2.05) is 49.8 Å². The van der Waals surface area contributed by atoms with Crippen LogP contribution in [-0.2, 0) is 18.3 Å². The van der Waals surface area contributed by atoms with Gasteiger partial charge in [-0.2, -0.15) is 5.10 Å². The number of hydrogen-bond acceptors (Lipinski definition) is 4. The van der Waals surface area contributed by atoms with Crippen molar-refractivity contribution in [1.29, 1.82) is 0 Å². The van der Waals surface area contributed by atoms with E-state index in [0.717, 1.165) is 30.6 Å². The number of nitrogens with zero attached hydrogens (tertiary/aromatic N) is 4. The predicted molar refractivity (Wildman–Crippen MR) is 97.8 cm³/mol. The fraction of sp³-hybridized carbons (Fsp3) is 0.421. The van der Waals surface area contributed by atoms with E-state index in [2.05, 4.69) is 15.3 Å². The molecule has 0 saturated carbocycles. The largest absolute Gasteiger partial charge is 0.367 e. The van der Waals surface area contributed by atoms with Gasteiger partial charge in [-0.15, -0.1) is 0 Å². The number of benzene rings is 1. The van der Waals surface area contributed by atoms with E-state index in [0.29, 0.717) is 13.0 Å². The SMILES string of the molecule is Cn1cc(N2CCC[C@@H](N3C(=O)N[C@@H](Cc4ccccc4)C3=O)C2)cn1. The number of rotatable bonds is 4. The summed E-state index contributed by atoms with van der Waals surface area (Å²) in [5.74, 6) is -0.114. The molecular formula is C19H23N5O2. The quantitative estimate of drug-likeness (QED) is 0.847. The number of aryl methyl sites for hydroxylation is 1. The van der Waals surface area contributed by atoms with Crippen LogP contribution in [0.3, 0.4) is 0 Å². The molecule has 0 bridgehead atoms. The Morgan fingerprint density at radius 1 is 1.23 bits per heavy atom.